The summed E-state index contributed by atoms with van der Waals surface area (Å²) in [7, 11) is 0. The maximum absolute atomic E-state index is 13.6. The molecule has 0 radical (unpaired) electrons. The second kappa shape index (κ2) is 4.50. The summed E-state index contributed by atoms with van der Waals surface area (Å²) in [6, 6.07) is 8.89. The van der Waals surface area contributed by atoms with Gasteiger partial charge in [-0.15, -0.1) is 0 Å². The number of hydrogen-bond acceptors (Lipinski definition) is 3. The third-order valence-electron chi connectivity index (χ3n) is 3.35. The largest absolute Gasteiger partial charge is 0.381 e. The van der Waals surface area contributed by atoms with E-state index in [1.165, 1.54) is 11.1 Å². The number of anilines is 2. The molecule has 0 unspecified atom stereocenters. The van der Waals surface area contributed by atoms with Gasteiger partial charge in [0.1, 0.15) is 0 Å². The van der Waals surface area contributed by atoms with Gasteiger partial charge in [0.2, 0.25) is 0 Å². The third-order valence-corrected chi connectivity index (χ3v) is 3.35. The molecular formula is C14H13F2N3. The van der Waals surface area contributed by atoms with Gasteiger partial charge in [0.05, 0.1) is 0 Å². The van der Waals surface area contributed by atoms with Crippen molar-refractivity contribution in [3.05, 3.63) is 53.1 Å². The molecule has 0 bridgehead atoms. The number of hydrogen-bond donors (Lipinski definition) is 2. The minimum atomic E-state index is -0.835. The molecule has 0 saturated carbocycles. The van der Waals surface area contributed by atoms with E-state index in [-0.39, 0.29) is 17.7 Å². The van der Waals surface area contributed by atoms with Crippen molar-refractivity contribution in [2.75, 3.05) is 11.1 Å². The fourth-order valence-corrected chi connectivity index (χ4v) is 2.44. The summed E-state index contributed by atoms with van der Waals surface area (Å²) in [5.74, 6) is -1.84. The molecule has 5 heteroatoms. The molecule has 0 fully saturated rings. The van der Waals surface area contributed by atoms with Crippen LogP contribution >= 0.6 is 0 Å². The SMILES string of the molecule is Nc1nc(NC2Cc3ccccc3C2)c(F)cc1F. The highest BCUT2D eigenvalue weighted by Crippen LogP contribution is 2.25. The van der Waals surface area contributed by atoms with E-state index >= 15 is 0 Å². The van der Waals surface area contributed by atoms with Crippen LogP contribution in [0.3, 0.4) is 0 Å². The fraction of sp³-hybridized carbons (Fsp3) is 0.214. The molecule has 3 nitrogen and oxygen atoms in total. The number of halogens is 2. The van der Waals surface area contributed by atoms with Gasteiger partial charge >= 0.3 is 0 Å². The van der Waals surface area contributed by atoms with Gasteiger partial charge in [-0.2, -0.15) is 0 Å². The molecule has 0 amide bonds. The van der Waals surface area contributed by atoms with Crippen molar-refractivity contribution in [2.45, 2.75) is 18.9 Å². The number of nitrogens with two attached hydrogens (primary N) is 1. The molecule has 98 valence electrons. The van der Waals surface area contributed by atoms with E-state index in [1.807, 2.05) is 12.1 Å². The Hall–Kier alpha value is -2.17. The Bertz CT molecular complexity index is 603. The highest BCUT2D eigenvalue weighted by molar-refractivity contribution is 5.47. The molecule has 0 spiro atoms. The van der Waals surface area contributed by atoms with Gasteiger partial charge in [0, 0.05) is 12.1 Å². The minimum Gasteiger partial charge on any atom is -0.381 e. The first kappa shape index (κ1) is 11.9. The molecule has 1 aliphatic carbocycles. The number of rotatable bonds is 2. The second-order valence-electron chi connectivity index (χ2n) is 4.70. The predicted octanol–water partition coefficient (Wildman–Crippen LogP) is 2.52. The molecule has 0 saturated heterocycles. The Morgan fingerprint density at radius 3 is 2.37 bits per heavy atom. The molecule has 2 aromatic rings. The van der Waals surface area contributed by atoms with E-state index in [1.54, 1.807) is 0 Å². The molecule has 1 aromatic heterocycles. The Morgan fingerprint density at radius 2 is 1.74 bits per heavy atom. The van der Waals surface area contributed by atoms with Crippen LogP contribution in [0.1, 0.15) is 11.1 Å². The van der Waals surface area contributed by atoms with Crippen LogP contribution in [-0.4, -0.2) is 11.0 Å². The van der Waals surface area contributed by atoms with Crippen LogP contribution < -0.4 is 11.1 Å². The Labute approximate surface area is 109 Å². The summed E-state index contributed by atoms with van der Waals surface area (Å²) in [5.41, 5.74) is 7.85. The standard InChI is InChI=1S/C14H13F2N3/c15-11-7-12(16)14(19-13(11)17)18-10-5-8-3-1-2-4-9(8)6-10/h1-4,7,10H,5-6H2,(H3,17,18,19). The fourth-order valence-electron chi connectivity index (χ4n) is 2.44. The van der Waals surface area contributed by atoms with Crippen LogP contribution in [-0.2, 0) is 12.8 Å². The molecule has 19 heavy (non-hydrogen) atoms. The van der Waals surface area contributed by atoms with Gasteiger partial charge in [-0.05, 0) is 24.0 Å². The average molecular weight is 261 g/mol. The highest BCUT2D eigenvalue weighted by atomic mass is 19.1. The molecule has 1 aliphatic rings. The van der Waals surface area contributed by atoms with Crippen LogP contribution in [0.2, 0.25) is 0 Å². The third kappa shape index (κ3) is 2.23. The smallest absolute Gasteiger partial charge is 0.168 e. The summed E-state index contributed by atoms with van der Waals surface area (Å²) in [4.78, 5) is 3.72. The lowest BCUT2D eigenvalue weighted by molar-refractivity contribution is 0.576. The monoisotopic (exact) mass is 261 g/mol. The number of benzene rings is 1. The zero-order valence-corrected chi connectivity index (χ0v) is 10.2. The Balaban J connectivity index is 1.79. The Morgan fingerprint density at radius 1 is 1.11 bits per heavy atom. The van der Waals surface area contributed by atoms with E-state index in [9.17, 15) is 8.78 Å². The van der Waals surface area contributed by atoms with Gasteiger partial charge < -0.3 is 11.1 Å². The number of aromatic nitrogens is 1. The topological polar surface area (TPSA) is 50.9 Å². The van der Waals surface area contributed by atoms with Crippen LogP contribution in [0.25, 0.3) is 0 Å². The number of nitrogen functional groups attached to an aromatic ring is 1. The maximum Gasteiger partial charge on any atom is 0.168 e. The van der Waals surface area contributed by atoms with Crippen LogP contribution in [0.5, 0.6) is 0 Å². The van der Waals surface area contributed by atoms with Gasteiger partial charge in [-0.25, -0.2) is 13.8 Å². The molecule has 0 atom stereocenters. The van der Waals surface area contributed by atoms with E-state index in [2.05, 4.69) is 22.4 Å². The summed E-state index contributed by atoms with van der Waals surface area (Å²) in [6.07, 6.45) is 1.60. The number of fused-ring (bicyclic) bond motifs is 1. The highest BCUT2D eigenvalue weighted by Gasteiger charge is 2.22. The van der Waals surface area contributed by atoms with E-state index in [0.717, 1.165) is 18.9 Å². The van der Waals surface area contributed by atoms with E-state index in [4.69, 9.17) is 5.73 Å². The molecule has 0 aliphatic heterocycles. The van der Waals surface area contributed by atoms with Crippen molar-refractivity contribution < 1.29 is 8.78 Å². The lowest BCUT2D eigenvalue weighted by Crippen LogP contribution is -2.21. The van der Waals surface area contributed by atoms with Gasteiger partial charge in [0.15, 0.2) is 23.3 Å². The molecule has 1 heterocycles. The van der Waals surface area contributed by atoms with Crippen LogP contribution in [0.15, 0.2) is 30.3 Å². The summed E-state index contributed by atoms with van der Waals surface area (Å²) in [5, 5.41) is 2.99. The number of nitrogens with one attached hydrogen (secondary N) is 1. The van der Waals surface area contributed by atoms with Gasteiger partial charge in [-0.3, -0.25) is 0 Å². The van der Waals surface area contributed by atoms with Crippen LogP contribution in [0, 0.1) is 11.6 Å². The first-order chi connectivity index (χ1) is 9.13. The second-order valence-corrected chi connectivity index (χ2v) is 4.70. The molecule has 3 N–H and O–H groups in total. The summed E-state index contributed by atoms with van der Waals surface area (Å²) < 4.78 is 26.6. The number of pyridine rings is 1. The molecular weight excluding hydrogens is 248 g/mol. The summed E-state index contributed by atoms with van der Waals surface area (Å²) >= 11 is 0. The van der Waals surface area contributed by atoms with Crippen molar-refractivity contribution in [1.82, 2.24) is 4.98 Å². The summed E-state index contributed by atoms with van der Waals surface area (Å²) in [6.45, 7) is 0. The van der Waals surface area contributed by atoms with Crippen molar-refractivity contribution in [3.63, 3.8) is 0 Å². The normalized spacial score (nSPS) is 14.4. The first-order valence-corrected chi connectivity index (χ1v) is 6.08. The zero-order valence-electron chi connectivity index (χ0n) is 10.2. The average Bonchev–Trinajstić information content (AvgIpc) is 2.78. The zero-order chi connectivity index (χ0) is 13.4. The van der Waals surface area contributed by atoms with Crippen molar-refractivity contribution in [1.29, 1.82) is 0 Å². The lowest BCUT2D eigenvalue weighted by atomic mass is 10.1. The van der Waals surface area contributed by atoms with Crippen molar-refractivity contribution >= 4 is 11.6 Å². The number of nitrogens with zero attached hydrogens (tertiary/aromatic N) is 1. The van der Waals surface area contributed by atoms with Gasteiger partial charge in [-0.1, -0.05) is 24.3 Å². The van der Waals surface area contributed by atoms with Crippen molar-refractivity contribution in [2.24, 2.45) is 0 Å². The van der Waals surface area contributed by atoms with Crippen molar-refractivity contribution in [3.8, 4) is 0 Å². The first-order valence-electron chi connectivity index (χ1n) is 6.08. The van der Waals surface area contributed by atoms with E-state index < -0.39 is 11.6 Å². The quantitative estimate of drug-likeness (QED) is 0.873. The lowest BCUT2D eigenvalue weighted by Gasteiger charge is -2.13. The molecule has 1 aromatic carbocycles. The minimum absolute atomic E-state index is 0.0108. The van der Waals surface area contributed by atoms with Crippen LogP contribution in [0.4, 0.5) is 20.4 Å². The predicted molar refractivity (Wildman–Crippen MR) is 69.8 cm³/mol. The Kier molecular flexibility index (Phi) is 2.81. The maximum atomic E-state index is 13.6. The van der Waals surface area contributed by atoms with E-state index in [0.29, 0.717) is 0 Å². The molecule has 3 rings (SSSR count). The van der Waals surface area contributed by atoms with Gasteiger partial charge in [0.25, 0.3) is 0 Å².